The second-order valence-electron chi connectivity index (χ2n) is 8.64. The van der Waals surface area contributed by atoms with Gasteiger partial charge in [0.2, 0.25) is 0 Å². The van der Waals surface area contributed by atoms with Gasteiger partial charge in [0.15, 0.2) is 0 Å². The number of aromatic nitrogens is 1. The molecular weight excluding hydrogens is 486 g/mol. The minimum Gasteiger partial charge on any atom is -0.371 e. The molecule has 1 radical (unpaired) electrons. The summed E-state index contributed by atoms with van der Waals surface area (Å²) in [4.78, 5) is 4.79. The van der Waals surface area contributed by atoms with Crippen molar-refractivity contribution in [2.45, 2.75) is 69.0 Å². The van der Waals surface area contributed by atoms with Crippen molar-refractivity contribution in [3.8, 4) is 11.3 Å². The third-order valence-electron chi connectivity index (χ3n) is 7.18. The molecule has 1 saturated carbocycles. The molecule has 0 spiro atoms. The maximum Gasteiger partial charge on any atom is 0.0743 e. The largest absolute Gasteiger partial charge is 0.371 e. The molecule has 1 aromatic carbocycles. The Morgan fingerprint density at radius 1 is 1.04 bits per heavy atom. The van der Waals surface area contributed by atoms with E-state index < -0.39 is 0 Å². The van der Waals surface area contributed by atoms with Gasteiger partial charge in [-0.15, -0.1) is 23.8 Å². The number of hydrogen-bond donors (Lipinski definition) is 0. The van der Waals surface area contributed by atoms with E-state index in [-0.39, 0.29) is 31.3 Å². The van der Waals surface area contributed by atoms with E-state index in [1.807, 2.05) is 0 Å². The Bertz CT molecular complexity index is 894. The molecule has 6 rings (SSSR count). The normalized spacial score (nSPS) is 36.2. The van der Waals surface area contributed by atoms with E-state index in [2.05, 4.69) is 44.3 Å². The molecule has 3 heterocycles. The molecule has 2 aliphatic heterocycles. The molecule has 1 aromatic heterocycles. The van der Waals surface area contributed by atoms with Gasteiger partial charge < -0.3 is 9.72 Å². The number of benzene rings is 1. The summed E-state index contributed by atoms with van der Waals surface area (Å²) in [6.45, 7) is 4.46. The predicted octanol–water partition coefficient (Wildman–Crippen LogP) is 5.17. The van der Waals surface area contributed by atoms with Crippen molar-refractivity contribution in [3.05, 3.63) is 52.7 Å². The molecule has 131 valence electrons. The van der Waals surface area contributed by atoms with Crippen molar-refractivity contribution in [2.24, 2.45) is 0 Å². The van der Waals surface area contributed by atoms with E-state index in [1.54, 1.807) is 5.56 Å². The van der Waals surface area contributed by atoms with E-state index in [9.17, 15) is 0 Å². The molecule has 3 heteroatoms. The molecule has 2 aromatic rings. The summed E-state index contributed by atoms with van der Waals surface area (Å²) in [5, 5.41) is 0. The Kier molecular flexibility index (Phi) is 3.25. The maximum atomic E-state index is 6.38. The summed E-state index contributed by atoms with van der Waals surface area (Å²) in [5.74, 6) is 1.55. The summed E-state index contributed by atoms with van der Waals surface area (Å²) in [6.07, 6.45) is 8.43. The summed E-state index contributed by atoms with van der Waals surface area (Å²) < 4.78 is 6.38. The Hall–Kier alpha value is -1.02. The SMILES string of the molecule is CC12CCC(C)(O1)c1cc(-c3cc4c(cn3)C3CCC4C3)[c-]cc12.[Ir]. The Labute approximate surface area is 162 Å². The van der Waals surface area contributed by atoms with Gasteiger partial charge in [-0.05, 0) is 74.6 Å². The third-order valence-corrected chi connectivity index (χ3v) is 7.18. The van der Waals surface area contributed by atoms with Gasteiger partial charge in [0.05, 0.1) is 11.2 Å². The van der Waals surface area contributed by atoms with Crippen LogP contribution in [0.5, 0.6) is 0 Å². The first-order valence-corrected chi connectivity index (χ1v) is 9.33. The number of hydrogen-bond acceptors (Lipinski definition) is 2. The Morgan fingerprint density at radius 3 is 2.56 bits per heavy atom. The first-order chi connectivity index (χ1) is 11.6. The monoisotopic (exact) mass is 509 g/mol. The van der Waals surface area contributed by atoms with Crippen molar-refractivity contribution in [1.82, 2.24) is 4.98 Å². The van der Waals surface area contributed by atoms with Gasteiger partial charge >= 0.3 is 0 Å². The van der Waals surface area contributed by atoms with Crippen molar-refractivity contribution in [3.63, 3.8) is 0 Å². The van der Waals surface area contributed by atoms with E-state index in [0.717, 1.165) is 35.9 Å². The number of nitrogens with zero attached hydrogens (tertiary/aromatic N) is 1. The molecule has 0 N–H and O–H groups in total. The minimum absolute atomic E-state index is 0. The predicted molar refractivity (Wildman–Crippen MR) is 92.9 cm³/mol. The summed E-state index contributed by atoms with van der Waals surface area (Å²) >= 11 is 0. The van der Waals surface area contributed by atoms with Crippen molar-refractivity contribution < 1.29 is 24.8 Å². The van der Waals surface area contributed by atoms with Crippen LogP contribution in [0, 0.1) is 6.07 Å². The van der Waals surface area contributed by atoms with Crippen molar-refractivity contribution in [2.75, 3.05) is 0 Å². The molecule has 2 fully saturated rings. The van der Waals surface area contributed by atoms with Gasteiger partial charge in [0.25, 0.3) is 0 Å². The van der Waals surface area contributed by atoms with Crippen LogP contribution in [0.4, 0.5) is 0 Å². The average molecular weight is 509 g/mol. The topological polar surface area (TPSA) is 22.1 Å². The van der Waals surface area contributed by atoms with Crippen molar-refractivity contribution in [1.29, 1.82) is 0 Å². The molecule has 25 heavy (non-hydrogen) atoms. The fourth-order valence-corrected chi connectivity index (χ4v) is 5.84. The second kappa shape index (κ2) is 5.03. The molecule has 4 unspecified atom stereocenters. The zero-order valence-electron chi connectivity index (χ0n) is 14.7. The van der Waals surface area contributed by atoms with Crippen LogP contribution in [0.2, 0.25) is 0 Å². The van der Waals surface area contributed by atoms with Gasteiger partial charge in [-0.2, -0.15) is 0 Å². The van der Waals surface area contributed by atoms with E-state index in [4.69, 9.17) is 9.72 Å². The summed E-state index contributed by atoms with van der Waals surface area (Å²) in [7, 11) is 0. The molecule has 4 atom stereocenters. The third kappa shape index (κ3) is 2.01. The molecule has 1 saturated heterocycles. The van der Waals surface area contributed by atoms with Crippen molar-refractivity contribution >= 4 is 0 Å². The fourth-order valence-electron chi connectivity index (χ4n) is 5.84. The molecule has 4 aliphatic rings. The number of pyridine rings is 1. The standard InChI is InChI=1S/C22H22NO.Ir/c1-21-7-8-22(2,24-21)19-10-15(5-6-18(19)21)20-11-16-13-3-4-14(9-13)17(16)12-23-20;/h6,10-14H,3-4,7-9H2,1-2H3;/q-1;. The first kappa shape index (κ1) is 16.2. The molecule has 2 aliphatic carbocycles. The average Bonchev–Trinajstić information content (AvgIpc) is 3.32. The van der Waals surface area contributed by atoms with Crippen LogP contribution < -0.4 is 0 Å². The maximum absolute atomic E-state index is 6.38. The quantitative estimate of drug-likeness (QED) is 0.496. The summed E-state index contributed by atoms with van der Waals surface area (Å²) in [6, 6.07) is 10.3. The summed E-state index contributed by atoms with van der Waals surface area (Å²) in [5.41, 5.74) is 7.74. The van der Waals surface area contributed by atoms with Crippen LogP contribution in [-0.2, 0) is 36.0 Å². The zero-order valence-corrected chi connectivity index (χ0v) is 17.1. The zero-order chi connectivity index (χ0) is 16.1. The van der Waals surface area contributed by atoms with Crippen LogP contribution >= 0.6 is 0 Å². The van der Waals surface area contributed by atoms with Gasteiger partial charge in [-0.25, -0.2) is 0 Å². The molecule has 2 nitrogen and oxygen atoms in total. The fraction of sp³-hybridized carbons (Fsp3) is 0.500. The first-order valence-electron chi connectivity index (χ1n) is 9.33. The number of rotatable bonds is 1. The molecular formula is C22H22IrNO-. The van der Waals surface area contributed by atoms with Crippen LogP contribution in [-0.4, -0.2) is 4.98 Å². The van der Waals surface area contributed by atoms with E-state index in [1.165, 1.54) is 36.0 Å². The smallest absolute Gasteiger partial charge is 0.0743 e. The van der Waals surface area contributed by atoms with Crippen LogP contribution in [0.3, 0.4) is 0 Å². The minimum atomic E-state index is -0.121. The van der Waals surface area contributed by atoms with Gasteiger partial charge in [0.1, 0.15) is 0 Å². The van der Waals surface area contributed by atoms with Gasteiger partial charge in [0, 0.05) is 26.3 Å². The van der Waals surface area contributed by atoms with Crippen LogP contribution in [0.1, 0.15) is 80.0 Å². The van der Waals surface area contributed by atoms with Crippen LogP contribution in [0.25, 0.3) is 11.3 Å². The number of fused-ring (bicyclic) bond motifs is 10. The number of ether oxygens (including phenoxy) is 1. The van der Waals surface area contributed by atoms with Gasteiger partial charge in [-0.3, -0.25) is 0 Å². The van der Waals surface area contributed by atoms with Crippen LogP contribution in [0.15, 0.2) is 24.4 Å². The van der Waals surface area contributed by atoms with Gasteiger partial charge in [-0.1, -0.05) is 17.2 Å². The molecule has 4 bridgehead atoms. The molecule has 0 amide bonds. The second-order valence-corrected chi connectivity index (χ2v) is 8.64. The van der Waals surface area contributed by atoms with E-state index in [0.29, 0.717) is 0 Å². The Balaban J connectivity index is 0.00000140. The Morgan fingerprint density at radius 2 is 1.76 bits per heavy atom. The van der Waals surface area contributed by atoms with E-state index >= 15 is 0 Å².